The summed E-state index contributed by atoms with van der Waals surface area (Å²) in [6.45, 7) is 1.06. The maximum atomic E-state index is 14.0. The molecule has 0 saturated heterocycles. The Balaban J connectivity index is 3.12. The standard InChI is InChI=1S/C11H15F2NO/c1-10(8-14,15-2)11(12,13)9-6-4-3-5-7-9/h3-7H,8,14H2,1-2H3. The summed E-state index contributed by atoms with van der Waals surface area (Å²) in [7, 11) is 1.24. The van der Waals surface area contributed by atoms with Gasteiger partial charge >= 0.3 is 5.92 Å². The third-order valence-electron chi connectivity index (χ3n) is 2.64. The predicted octanol–water partition coefficient (Wildman–Crippen LogP) is 2.14. The van der Waals surface area contributed by atoms with E-state index < -0.39 is 11.5 Å². The van der Waals surface area contributed by atoms with Crippen molar-refractivity contribution in [3.05, 3.63) is 35.9 Å². The summed E-state index contributed by atoms with van der Waals surface area (Å²) in [6, 6.07) is 7.55. The molecule has 0 fully saturated rings. The molecule has 15 heavy (non-hydrogen) atoms. The van der Waals surface area contributed by atoms with Gasteiger partial charge in [-0.15, -0.1) is 0 Å². The molecule has 2 N–H and O–H groups in total. The number of hydrogen-bond donors (Lipinski definition) is 1. The number of ether oxygens (including phenoxy) is 1. The molecule has 1 aromatic rings. The zero-order valence-corrected chi connectivity index (χ0v) is 8.84. The van der Waals surface area contributed by atoms with E-state index in [4.69, 9.17) is 10.5 Å². The summed E-state index contributed by atoms with van der Waals surface area (Å²) in [6.07, 6.45) is 0. The van der Waals surface area contributed by atoms with Crippen molar-refractivity contribution in [2.75, 3.05) is 13.7 Å². The molecule has 0 radical (unpaired) electrons. The van der Waals surface area contributed by atoms with Gasteiger partial charge in [-0.2, -0.15) is 8.78 Å². The second kappa shape index (κ2) is 4.24. The van der Waals surface area contributed by atoms with Gasteiger partial charge in [0.2, 0.25) is 0 Å². The lowest BCUT2D eigenvalue weighted by atomic mass is 9.91. The summed E-state index contributed by atoms with van der Waals surface area (Å²) in [5, 5.41) is 0. The van der Waals surface area contributed by atoms with Gasteiger partial charge in [0.25, 0.3) is 0 Å². The molecule has 0 aliphatic rings. The van der Waals surface area contributed by atoms with E-state index in [2.05, 4.69) is 0 Å². The van der Waals surface area contributed by atoms with Gasteiger partial charge < -0.3 is 10.5 Å². The summed E-state index contributed by atoms with van der Waals surface area (Å²) in [4.78, 5) is 0. The van der Waals surface area contributed by atoms with Gasteiger partial charge in [-0.3, -0.25) is 0 Å². The van der Waals surface area contributed by atoms with Crippen LogP contribution in [0.3, 0.4) is 0 Å². The molecule has 4 heteroatoms. The van der Waals surface area contributed by atoms with Crippen molar-refractivity contribution in [2.24, 2.45) is 5.73 Å². The second-order valence-electron chi connectivity index (χ2n) is 3.58. The first-order chi connectivity index (χ1) is 6.98. The Morgan fingerprint density at radius 2 is 1.80 bits per heavy atom. The van der Waals surface area contributed by atoms with E-state index in [0.29, 0.717) is 0 Å². The molecule has 0 amide bonds. The molecule has 0 aromatic heterocycles. The topological polar surface area (TPSA) is 35.2 Å². The molecule has 0 aliphatic heterocycles. The van der Waals surface area contributed by atoms with E-state index in [9.17, 15) is 8.78 Å². The van der Waals surface area contributed by atoms with Gasteiger partial charge in [-0.1, -0.05) is 30.3 Å². The second-order valence-corrected chi connectivity index (χ2v) is 3.58. The van der Waals surface area contributed by atoms with E-state index in [0.717, 1.165) is 0 Å². The Hall–Kier alpha value is -1.00. The van der Waals surface area contributed by atoms with Crippen LogP contribution in [-0.4, -0.2) is 19.3 Å². The van der Waals surface area contributed by atoms with Crippen molar-refractivity contribution in [3.63, 3.8) is 0 Å². The van der Waals surface area contributed by atoms with Gasteiger partial charge in [0.05, 0.1) is 0 Å². The first-order valence-corrected chi connectivity index (χ1v) is 4.66. The fourth-order valence-electron chi connectivity index (χ4n) is 1.29. The molecule has 0 bridgehead atoms. The molecule has 0 heterocycles. The van der Waals surface area contributed by atoms with Crippen LogP contribution in [0.15, 0.2) is 30.3 Å². The van der Waals surface area contributed by atoms with E-state index >= 15 is 0 Å². The van der Waals surface area contributed by atoms with Crippen LogP contribution in [0.5, 0.6) is 0 Å². The molecule has 1 aromatic carbocycles. The van der Waals surface area contributed by atoms with Crippen molar-refractivity contribution in [2.45, 2.75) is 18.4 Å². The molecule has 0 aliphatic carbocycles. The number of benzene rings is 1. The van der Waals surface area contributed by atoms with Crippen LogP contribution in [0, 0.1) is 0 Å². The van der Waals surface area contributed by atoms with Crippen LogP contribution >= 0.6 is 0 Å². The van der Waals surface area contributed by atoms with E-state index in [1.165, 1.54) is 26.2 Å². The minimum absolute atomic E-state index is 0.0835. The van der Waals surface area contributed by atoms with Crippen molar-refractivity contribution in [1.29, 1.82) is 0 Å². The van der Waals surface area contributed by atoms with Gasteiger partial charge in [0.1, 0.15) is 5.60 Å². The Kier molecular flexibility index (Phi) is 3.42. The highest BCUT2D eigenvalue weighted by molar-refractivity contribution is 5.23. The van der Waals surface area contributed by atoms with Gasteiger partial charge in [-0.25, -0.2) is 0 Å². The smallest absolute Gasteiger partial charge is 0.302 e. The zero-order valence-electron chi connectivity index (χ0n) is 8.84. The number of nitrogens with two attached hydrogens (primary N) is 1. The largest absolute Gasteiger partial charge is 0.371 e. The van der Waals surface area contributed by atoms with Crippen molar-refractivity contribution in [3.8, 4) is 0 Å². The molecular weight excluding hydrogens is 200 g/mol. The number of hydrogen-bond acceptors (Lipinski definition) is 2. The highest BCUT2D eigenvalue weighted by atomic mass is 19.3. The average Bonchev–Trinajstić information content (AvgIpc) is 2.29. The minimum Gasteiger partial charge on any atom is -0.371 e. The van der Waals surface area contributed by atoms with E-state index in [1.807, 2.05) is 0 Å². The average molecular weight is 215 g/mol. The highest BCUT2D eigenvalue weighted by Gasteiger charge is 2.51. The lowest BCUT2D eigenvalue weighted by molar-refractivity contribution is -0.189. The Morgan fingerprint density at radius 1 is 1.27 bits per heavy atom. The van der Waals surface area contributed by atoms with Crippen LogP contribution in [0.1, 0.15) is 12.5 Å². The SMILES string of the molecule is COC(C)(CN)C(F)(F)c1ccccc1. The fraction of sp³-hybridized carbons (Fsp3) is 0.455. The Labute approximate surface area is 88.0 Å². The van der Waals surface area contributed by atoms with Crippen LogP contribution in [0.25, 0.3) is 0 Å². The first kappa shape index (κ1) is 12.1. The maximum Gasteiger partial charge on any atom is 0.302 e. The molecule has 1 rings (SSSR count). The number of alkyl halides is 2. The molecule has 1 unspecified atom stereocenters. The zero-order chi connectivity index (χ0) is 11.5. The van der Waals surface area contributed by atoms with Crippen molar-refractivity contribution >= 4 is 0 Å². The van der Waals surface area contributed by atoms with E-state index in [1.54, 1.807) is 18.2 Å². The van der Waals surface area contributed by atoms with Gasteiger partial charge in [0.15, 0.2) is 0 Å². The highest BCUT2D eigenvalue weighted by Crippen LogP contribution is 2.40. The first-order valence-electron chi connectivity index (χ1n) is 4.66. The molecule has 1 atom stereocenters. The summed E-state index contributed by atoms with van der Waals surface area (Å²) in [5.41, 5.74) is 3.58. The molecule has 0 saturated carbocycles. The number of halogens is 2. The lowest BCUT2D eigenvalue weighted by Gasteiger charge is -2.35. The third-order valence-corrected chi connectivity index (χ3v) is 2.64. The maximum absolute atomic E-state index is 14.0. The quantitative estimate of drug-likeness (QED) is 0.835. The monoisotopic (exact) mass is 215 g/mol. The third kappa shape index (κ3) is 2.01. The van der Waals surface area contributed by atoms with Crippen LogP contribution in [0.2, 0.25) is 0 Å². The van der Waals surface area contributed by atoms with Crippen LogP contribution in [0.4, 0.5) is 8.78 Å². The number of methoxy groups -OCH3 is 1. The molecular formula is C11H15F2NO. The molecule has 2 nitrogen and oxygen atoms in total. The summed E-state index contributed by atoms with van der Waals surface area (Å²) >= 11 is 0. The van der Waals surface area contributed by atoms with E-state index in [-0.39, 0.29) is 12.1 Å². The van der Waals surface area contributed by atoms with Gasteiger partial charge in [0, 0.05) is 19.2 Å². The van der Waals surface area contributed by atoms with Crippen molar-refractivity contribution < 1.29 is 13.5 Å². The Morgan fingerprint density at radius 3 is 2.20 bits per heavy atom. The normalized spacial score (nSPS) is 16.1. The Bertz CT molecular complexity index is 310. The molecule has 84 valence electrons. The minimum atomic E-state index is -3.10. The van der Waals surface area contributed by atoms with Crippen LogP contribution in [-0.2, 0) is 10.7 Å². The van der Waals surface area contributed by atoms with Gasteiger partial charge in [-0.05, 0) is 6.92 Å². The molecule has 0 spiro atoms. The summed E-state index contributed by atoms with van der Waals surface area (Å²) in [5.74, 6) is -3.10. The fourth-order valence-corrected chi connectivity index (χ4v) is 1.29. The predicted molar refractivity (Wildman–Crippen MR) is 54.8 cm³/mol. The number of rotatable bonds is 4. The summed E-state index contributed by atoms with van der Waals surface area (Å²) < 4.78 is 32.8. The van der Waals surface area contributed by atoms with Crippen molar-refractivity contribution in [1.82, 2.24) is 0 Å². The lowest BCUT2D eigenvalue weighted by Crippen LogP contribution is -2.50. The van der Waals surface area contributed by atoms with Crippen LogP contribution < -0.4 is 5.73 Å².